The summed E-state index contributed by atoms with van der Waals surface area (Å²) in [5, 5.41) is 2.80. The van der Waals surface area contributed by atoms with Gasteiger partial charge in [0.15, 0.2) is 0 Å². The Morgan fingerprint density at radius 3 is 2.59 bits per heavy atom. The van der Waals surface area contributed by atoms with Gasteiger partial charge in [-0.1, -0.05) is 43.9 Å². The molecule has 0 aliphatic carbocycles. The van der Waals surface area contributed by atoms with Crippen LogP contribution in [0.15, 0.2) is 12.1 Å². The molecule has 1 N–H and O–H groups in total. The topological polar surface area (TPSA) is 49.4 Å². The van der Waals surface area contributed by atoms with Crippen molar-refractivity contribution in [2.24, 2.45) is 0 Å². The van der Waals surface area contributed by atoms with Crippen molar-refractivity contribution >= 4 is 17.5 Å². The molecule has 0 saturated carbocycles. The number of unbranched alkanes of at least 4 members (excludes halogenated alkanes) is 3. The van der Waals surface area contributed by atoms with Crippen molar-refractivity contribution < 1.29 is 9.59 Å². The van der Waals surface area contributed by atoms with Gasteiger partial charge in [-0.05, 0) is 25.8 Å². The molecule has 1 aliphatic heterocycles. The molecule has 1 unspecified atom stereocenters. The van der Waals surface area contributed by atoms with Crippen LogP contribution in [0.25, 0.3) is 0 Å². The Balaban J connectivity index is 2.29. The summed E-state index contributed by atoms with van der Waals surface area (Å²) >= 11 is 0. The second-order valence-corrected chi connectivity index (χ2v) is 6.20. The lowest BCUT2D eigenvalue weighted by atomic mass is 10.0. The highest BCUT2D eigenvalue weighted by Gasteiger charge is 2.38. The van der Waals surface area contributed by atoms with Gasteiger partial charge in [-0.3, -0.25) is 9.59 Å². The van der Waals surface area contributed by atoms with Crippen LogP contribution >= 0.6 is 0 Å². The summed E-state index contributed by atoms with van der Waals surface area (Å²) in [6.45, 7) is 8.42. The van der Waals surface area contributed by atoms with Gasteiger partial charge in [-0.25, -0.2) is 0 Å². The lowest BCUT2D eigenvalue weighted by Crippen LogP contribution is -2.37. The highest BCUT2D eigenvalue weighted by atomic mass is 16.2. The van der Waals surface area contributed by atoms with Crippen LogP contribution in [0.4, 0.5) is 5.69 Å². The predicted octanol–water partition coefficient (Wildman–Crippen LogP) is 3.41. The van der Waals surface area contributed by atoms with Gasteiger partial charge in [-0.2, -0.15) is 0 Å². The number of nitrogens with one attached hydrogen (secondary N) is 1. The van der Waals surface area contributed by atoms with Crippen molar-refractivity contribution in [2.75, 3.05) is 11.4 Å². The standard InChI is InChI=1S/C18H26N2O2/c1-5-6-7-8-9-20-17-13(3)10-12(2)11-15(17)16(18(20)22)19-14(4)21/h10-11,16H,5-9H2,1-4H3,(H,19,21). The Kier molecular flexibility index (Phi) is 5.22. The SMILES string of the molecule is CCCCCCN1C(=O)C(NC(C)=O)c2cc(C)cc(C)c21. The average Bonchev–Trinajstić information content (AvgIpc) is 2.68. The molecule has 2 rings (SSSR count). The van der Waals surface area contributed by atoms with E-state index in [4.69, 9.17) is 0 Å². The van der Waals surface area contributed by atoms with Gasteiger partial charge in [0.05, 0.1) is 5.69 Å². The van der Waals surface area contributed by atoms with Crippen molar-refractivity contribution in [3.8, 4) is 0 Å². The zero-order valence-electron chi connectivity index (χ0n) is 14.0. The molecule has 0 aromatic heterocycles. The minimum absolute atomic E-state index is 0.00426. The Morgan fingerprint density at radius 2 is 1.95 bits per heavy atom. The Hall–Kier alpha value is -1.84. The van der Waals surface area contributed by atoms with E-state index in [0.29, 0.717) is 0 Å². The molecule has 4 nitrogen and oxygen atoms in total. The largest absolute Gasteiger partial charge is 0.341 e. The van der Waals surface area contributed by atoms with Crippen LogP contribution in [-0.2, 0) is 9.59 Å². The average molecular weight is 302 g/mol. The van der Waals surface area contributed by atoms with Crippen LogP contribution in [0.3, 0.4) is 0 Å². The smallest absolute Gasteiger partial charge is 0.254 e. The van der Waals surface area contributed by atoms with Gasteiger partial charge in [0.1, 0.15) is 6.04 Å². The maximum absolute atomic E-state index is 12.7. The number of carbonyl (C=O) groups excluding carboxylic acids is 2. The maximum Gasteiger partial charge on any atom is 0.254 e. The molecular formula is C18H26N2O2. The number of hydrogen-bond donors (Lipinski definition) is 1. The van der Waals surface area contributed by atoms with E-state index in [1.165, 1.54) is 19.8 Å². The number of aryl methyl sites for hydroxylation is 2. The molecule has 1 aromatic carbocycles. The van der Waals surface area contributed by atoms with Crippen LogP contribution in [0, 0.1) is 13.8 Å². The molecule has 4 heteroatoms. The molecular weight excluding hydrogens is 276 g/mol. The Morgan fingerprint density at radius 1 is 1.23 bits per heavy atom. The summed E-state index contributed by atoms with van der Waals surface area (Å²) in [5.74, 6) is -0.174. The molecule has 0 saturated heterocycles. The minimum Gasteiger partial charge on any atom is -0.341 e. The van der Waals surface area contributed by atoms with Crippen LogP contribution in [-0.4, -0.2) is 18.4 Å². The van der Waals surface area contributed by atoms with Gasteiger partial charge in [-0.15, -0.1) is 0 Å². The third kappa shape index (κ3) is 3.32. The lowest BCUT2D eigenvalue weighted by molar-refractivity contribution is -0.126. The summed E-state index contributed by atoms with van der Waals surface area (Å²) < 4.78 is 0. The van der Waals surface area contributed by atoms with E-state index in [9.17, 15) is 9.59 Å². The molecule has 1 atom stereocenters. The van der Waals surface area contributed by atoms with E-state index in [1.54, 1.807) is 0 Å². The first-order chi connectivity index (χ1) is 10.5. The number of fused-ring (bicyclic) bond motifs is 1. The molecule has 0 fully saturated rings. The van der Waals surface area contributed by atoms with Crippen molar-refractivity contribution in [1.29, 1.82) is 0 Å². The number of amides is 2. The van der Waals surface area contributed by atoms with Crippen molar-refractivity contribution in [1.82, 2.24) is 5.32 Å². The molecule has 1 aliphatic rings. The van der Waals surface area contributed by atoms with E-state index < -0.39 is 6.04 Å². The molecule has 2 amide bonds. The maximum atomic E-state index is 12.7. The number of carbonyl (C=O) groups is 2. The Bertz CT molecular complexity index is 581. The van der Waals surface area contributed by atoms with Gasteiger partial charge in [0, 0.05) is 19.0 Å². The highest BCUT2D eigenvalue weighted by Crippen LogP contribution is 2.39. The van der Waals surface area contributed by atoms with Crippen molar-refractivity contribution in [3.05, 3.63) is 28.8 Å². The normalized spacial score (nSPS) is 16.8. The lowest BCUT2D eigenvalue weighted by Gasteiger charge is -2.19. The van der Waals surface area contributed by atoms with E-state index in [1.807, 2.05) is 24.8 Å². The summed E-state index contributed by atoms with van der Waals surface area (Å²) in [7, 11) is 0. The molecule has 0 spiro atoms. The van der Waals surface area contributed by atoms with E-state index in [2.05, 4.69) is 18.3 Å². The summed E-state index contributed by atoms with van der Waals surface area (Å²) in [6, 6.07) is 3.59. The van der Waals surface area contributed by atoms with Crippen LogP contribution in [0.5, 0.6) is 0 Å². The highest BCUT2D eigenvalue weighted by molar-refractivity contribution is 6.06. The van der Waals surface area contributed by atoms with Crippen LogP contribution in [0.2, 0.25) is 0 Å². The van der Waals surface area contributed by atoms with Crippen molar-refractivity contribution in [3.63, 3.8) is 0 Å². The summed E-state index contributed by atoms with van der Waals surface area (Å²) in [4.78, 5) is 26.0. The summed E-state index contributed by atoms with van der Waals surface area (Å²) in [6.07, 6.45) is 4.50. The van der Waals surface area contributed by atoms with Gasteiger partial charge >= 0.3 is 0 Å². The minimum atomic E-state index is -0.530. The van der Waals surface area contributed by atoms with Gasteiger partial charge in [0.25, 0.3) is 5.91 Å². The zero-order chi connectivity index (χ0) is 16.3. The second kappa shape index (κ2) is 6.95. The zero-order valence-corrected chi connectivity index (χ0v) is 14.0. The number of hydrogen-bond acceptors (Lipinski definition) is 2. The quantitative estimate of drug-likeness (QED) is 0.819. The number of rotatable bonds is 6. The molecule has 1 heterocycles. The fraction of sp³-hybridized carbons (Fsp3) is 0.556. The van der Waals surface area contributed by atoms with E-state index >= 15 is 0 Å². The number of benzene rings is 1. The third-order valence-electron chi connectivity index (χ3n) is 4.15. The monoisotopic (exact) mass is 302 g/mol. The van der Waals surface area contributed by atoms with Crippen LogP contribution in [0.1, 0.15) is 62.3 Å². The summed E-state index contributed by atoms with van der Waals surface area (Å²) in [5.41, 5.74) is 4.15. The third-order valence-corrected chi connectivity index (χ3v) is 4.15. The molecule has 0 radical (unpaired) electrons. The Labute approximate surface area is 132 Å². The molecule has 120 valence electrons. The van der Waals surface area contributed by atoms with Gasteiger partial charge < -0.3 is 10.2 Å². The molecule has 22 heavy (non-hydrogen) atoms. The number of nitrogens with zero attached hydrogens (tertiary/aromatic N) is 1. The van der Waals surface area contributed by atoms with E-state index in [-0.39, 0.29) is 11.8 Å². The second-order valence-electron chi connectivity index (χ2n) is 6.20. The molecule has 0 bridgehead atoms. The first kappa shape index (κ1) is 16.5. The number of anilines is 1. The first-order valence-corrected chi connectivity index (χ1v) is 8.15. The molecule has 1 aromatic rings. The van der Waals surface area contributed by atoms with Crippen molar-refractivity contribution in [2.45, 2.75) is 59.4 Å². The van der Waals surface area contributed by atoms with E-state index in [0.717, 1.165) is 41.8 Å². The fourth-order valence-electron chi connectivity index (χ4n) is 3.24. The first-order valence-electron chi connectivity index (χ1n) is 8.15. The fourth-order valence-corrected chi connectivity index (χ4v) is 3.24. The van der Waals surface area contributed by atoms with Gasteiger partial charge in [0.2, 0.25) is 5.91 Å². The van der Waals surface area contributed by atoms with Crippen LogP contribution < -0.4 is 10.2 Å². The predicted molar refractivity (Wildman–Crippen MR) is 89.0 cm³/mol.